The van der Waals surface area contributed by atoms with Gasteiger partial charge < -0.3 is 9.47 Å². The van der Waals surface area contributed by atoms with Crippen LogP contribution in [0.5, 0.6) is 0 Å². The lowest BCUT2D eigenvalue weighted by molar-refractivity contribution is -0.240. The minimum atomic E-state index is -1.07. The van der Waals surface area contributed by atoms with E-state index in [1.54, 1.807) is 0 Å². The van der Waals surface area contributed by atoms with Crippen molar-refractivity contribution in [1.82, 2.24) is 0 Å². The van der Waals surface area contributed by atoms with Crippen molar-refractivity contribution in [3.63, 3.8) is 0 Å². The molecule has 2 aliphatic rings. The highest BCUT2D eigenvalue weighted by molar-refractivity contribution is 7.85. The van der Waals surface area contributed by atoms with Gasteiger partial charge in [0.15, 0.2) is 5.79 Å². The molecule has 1 spiro atoms. The lowest BCUT2D eigenvalue weighted by Gasteiger charge is -2.37. The Morgan fingerprint density at radius 1 is 1.26 bits per heavy atom. The molecule has 1 aromatic rings. The van der Waals surface area contributed by atoms with Crippen LogP contribution in [0.3, 0.4) is 0 Å². The molecule has 0 saturated carbocycles. The van der Waals surface area contributed by atoms with Gasteiger partial charge in [-0.3, -0.25) is 4.21 Å². The first-order valence-corrected chi connectivity index (χ1v) is 8.20. The van der Waals surface area contributed by atoms with Crippen LogP contribution in [-0.4, -0.2) is 28.0 Å². The van der Waals surface area contributed by atoms with Gasteiger partial charge in [0.2, 0.25) is 0 Å². The molecule has 0 aliphatic carbocycles. The molecule has 2 aliphatic heterocycles. The molecule has 0 bridgehead atoms. The Kier molecular flexibility index (Phi) is 3.74. The molecule has 2 fully saturated rings. The monoisotopic (exact) mass is 280 g/mol. The van der Waals surface area contributed by atoms with E-state index in [0.29, 0.717) is 0 Å². The number of rotatable bonds is 2. The fraction of sp³-hybridized carbons (Fsp3) is 0.600. The molecule has 0 aromatic heterocycles. The van der Waals surface area contributed by atoms with Gasteiger partial charge in [-0.05, 0) is 38.3 Å². The Labute approximate surface area is 116 Å². The molecular weight excluding hydrogens is 260 g/mol. The van der Waals surface area contributed by atoms with E-state index in [1.165, 1.54) is 0 Å². The van der Waals surface area contributed by atoms with Gasteiger partial charge in [-0.15, -0.1) is 0 Å². The highest BCUT2D eigenvalue weighted by Gasteiger charge is 2.52. The quantitative estimate of drug-likeness (QED) is 0.835. The second-order valence-electron chi connectivity index (χ2n) is 5.38. The Balaban J connectivity index is 1.87. The van der Waals surface area contributed by atoms with Crippen LogP contribution >= 0.6 is 0 Å². The summed E-state index contributed by atoms with van der Waals surface area (Å²) in [7, 11) is -1.07. The third-order valence-corrected chi connectivity index (χ3v) is 5.74. The maximum absolute atomic E-state index is 12.8. The first-order valence-electron chi connectivity index (χ1n) is 6.99. The lowest BCUT2D eigenvalue weighted by Crippen LogP contribution is -2.46. The molecule has 4 heteroatoms. The van der Waals surface area contributed by atoms with Crippen molar-refractivity contribution in [2.75, 3.05) is 6.61 Å². The average molecular weight is 280 g/mol. The van der Waals surface area contributed by atoms with Crippen molar-refractivity contribution in [1.29, 1.82) is 0 Å². The van der Waals surface area contributed by atoms with Crippen molar-refractivity contribution >= 4 is 10.8 Å². The molecule has 2 heterocycles. The second-order valence-corrected chi connectivity index (χ2v) is 7.02. The fourth-order valence-electron chi connectivity index (χ4n) is 3.05. The molecular formula is C15H20O3S. The van der Waals surface area contributed by atoms with Crippen LogP contribution in [0.4, 0.5) is 0 Å². The zero-order valence-corrected chi connectivity index (χ0v) is 12.0. The third-order valence-electron chi connectivity index (χ3n) is 3.94. The molecule has 2 saturated heterocycles. The standard InChI is InChI=1S/C15H20O3S/c1-12-11-14(15(18-12)9-5-6-10-17-15)19(16)13-7-3-2-4-8-13/h2-4,7-8,12,14H,5-6,9-11H2,1H3/t12-,14-,15-,19?/m0/s1. The third kappa shape index (κ3) is 2.49. The first-order chi connectivity index (χ1) is 9.21. The lowest BCUT2D eigenvalue weighted by atomic mass is 10.0. The van der Waals surface area contributed by atoms with Gasteiger partial charge in [-0.2, -0.15) is 0 Å². The normalized spacial score (nSPS) is 36.5. The van der Waals surface area contributed by atoms with Crippen LogP contribution in [0.15, 0.2) is 35.2 Å². The van der Waals surface area contributed by atoms with Crippen molar-refractivity contribution in [2.24, 2.45) is 0 Å². The second kappa shape index (κ2) is 5.35. The van der Waals surface area contributed by atoms with Crippen molar-refractivity contribution in [2.45, 2.75) is 54.6 Å². The van der Waals surface area contributed by atoms with Crippen LogP contribution < -0.4 is 0 Å². The van der Waals surface area contributed by atoms with E-state index in [9.17, 15) is 4.21 Å². The minimum Gasteiger partial charge on any atom is -0.349 e. The molecule has 0 radical (unpaired) electrons. The SMILES string of the molecule is C[C@H]1C[C@H](S(=O)c2ccccc2)[C@]2(CCCCO2)O1. The molecule has 104 valence electrons. The molecule has 3 nitrogen and oxygen atoms in total. The van der Waals surface area contributed by atoms with Gasteiger partial charge in [0.1, 0.15) is 0 Å². The highest BCUT2D eigenvalue weighted by Crippen LogP contribution is 2.42. The Morgan fingerprint density at radius 3 is 2.74 bits per heavy atom. The molecule has 1 aromatic carbocycles. The van der Waals surface area contributed by atoms with E-state index in [-0.39, 0.29) is 11.4 Å². The van der Waals surface area contributed by atoms with E-state index in [1.807, 2.05) is 37.3 Å². The summed E-state index contributed by atoms with van der Waals surface area (Å²) in [4.78, 5) is 0.874. The molecule has 3 rings (SSSR count). The van der Waals surface area contributed by atoms with E-state index in [0.717, 1.165) is 37.2 Å². The number of hydrogen-bond donors (Lipinski definition) is 0. The van der Waals surface area contributed by atoms with Crippen LogP contribution in [0.2, 0.25) is 0 Å². The van der Waals surface area contributed by atoms with Crippen molar-refractivity contribution < 1.29 is 13.7 Å². The highest BCUT2D eigenvalue weighted by atomic mass is 32.2. The van der Waals surface area contributed by atoms with Gasteiger partial charge in [0, 0.05) is 11.3 Å². The van der Waals surface area contributed by atoms with Crippen LogP contribution in [0, 0.1) is 0 Å². The smallest absolute Gasteiger partial charge is 0.183 e. The molecule has 0 N–H and O–H groups in total. The van der Waals surface area contributed by atoms with Crippen molar-refractivity contribution in [3.05, 3.63) is 30.3 Å². The van der Waals surface area contributed by atoms with E-state index >= 15 is 0 Å². The molecule has 0 amide bonds. The molecule has 1 unspecified atom stereocenters. The topological polar surface area (TPSA) is 35.5 Å². The summed E-state index contributed by atoms with van der Waals surface area (Å²) in [5.74, 6) is -0.613. The minimum absolute atomic E-state index is 0.0507. The average Bonchev–Trinajstić information content (AvgIpc) is 2.76. The predicted octanol–water partition coefficient (Wildman–Crippen LogP) is 2.87. The number of ether oxygens (including phenoxy) is 2. The van der Waals surface area contributed by atoms with E-state index in [2.05, 4.69) is 0 Å². The number of benzene rings is 1. The molecule has 4 atom stereocenters. The zero-order chi connectivity index (χ0) is 13.3. The Hall–Kier alpha value is -0.710. The largest absolute Gasteiger partial charge is 0.349 e. The first kappa shape index (κ1) is 13.3. The Morgan fingerprint density at radius 2 is 2.05 bits per heavy atom. The van der Waals surface area contributed by atoms with Crippen LogP contribution in [0.1, 0.15) is 32.6 Å². The zero-order valence-electron chi connectivity index (χ0n) is 11.2. The summed E-state index contributed by atoms with van der Waals surface area (Å²) in [6.07, 6.45) is 3.96. The predicted molar refractivity (Wildman–Crippen MR) is 74.3 cm³/mol. The van der Waals surface area contributed by atoms with Gasteiger partial charge in [-0.25, -0.2) is 0 Å². The Bertz CT molecular complexity index is 454. The molecule has 19 heavy (non-hydrogen) atoms. The maximum Gasteiger partial charge on any atom is 0.183 e. The van der Waals surface area contributed by atoms with Gasteiger partial charge in [0.05, 0.1) is 28.8 Å². The van der Waals surface area contributed by atoms with E-state index < -0.39 is 16.6 Å². The summed E-state index contributed by atoms with van der Waals surface area (Å²) in [6, 6.07) is 9.66. The van der Waals surface area contributed by atoms with E-state index in [4.69, 9.17) is 9.47 Å². The number of hydrogen-bond acceptors (Lipinski definition) is 3. The van der Waals surface area contributed by atoms with Gasteiger partial charge in [-0.1, -0.05) is 18.2 Å². The van der Waals surface area contributed by atoms with Crippen LogP contribution in [-0.2, 0) is 20.3 Å². The fourth-order valence-corrected chi connectivity index (χ4v) is 4.82. The maximum atomic E-state index is 12.8. The summed E-state index contributed by atoms with van der Waals surface area (Å²) >= 11 is 0. The van der Waals surface area contributed by atoms with Crippen LogP contribution in [0.25, 0.3) is 0 Å². The summed E-state index contributed by atoms with van der Waals surface area (Å²) in [6.45, 7) is 2.76. The summed E-state index contributed by atoms with van der Waals surface area (Å²) in [5, 5.41) is -0.0507. The summed E-state index contributed by atoms with van der Waals surface area (Å²) < 4.78 is 24.8. The van der Waals surface area contributed by atoms with Gasteiger partial charge in [0.25, 0.3) is 0 Å². The van der Waals surface area contributed by atoms with Gasteiger partial charge >= 0.3 is 0 Å². The summed E-state index contributed by atoms with van der Waals surface area (Å²) in [5.41, 5.74) is 0. The van der Waals surface area contributed by atoms with Crippen molar-refractivity contribution in [3.8, 4) is 0 Å².